The highest BCUT2D eigenvalue weighted by Gasteiger charge is 2.30. The fourth-order valence-electron chi connectivity index (χ4n) is 3.67. The van der Waals surface area contributed by atoms with Gasteiger partial charge in [0.25, 0.3) is 0 Å². The van der Waals surface area contributed by atoms with Crippen molar-refractivity contribution < 1.29 is 8.42 Å². The minimum atomic E-state index is -3.50. The summed E-state index contributed by atoms with van der Waals surface area (Å²) in [5.41, 5.74) is 4.22. The van der Waals surface area contributed by atoms with Gasteiger partial charge >= 0.3 is 0 Å². The van der Waals surface area contributed by atoms with E-state index in [-0.39, 0.29) is 5.41 Å². The number of rotatable bonds is 4. The van der Waals surface area contributed by atoms with Crippen molar-refractivity contribution in [3.63, 3.8) is 0 Å². The third-order valence-electron chi connectivity index (χ3n) is 5.63. The molecule has 4 nitrogen and oxygen atoms in total. The quantitative estimate of drug-likeness (QED) is 0.696. The highest BCUT2D eigenvalue weighted by atomic mass is 35.5. The summed E-state index contributed by atoms with van der Waals surface area (Å²) >= 11 is 6.14. The molecule has 2 aromatic rings. The summed E-state index contributed by atoms with van der Waals surface area (Å²) in [7, 11) is -3.50. The van der Waals surface area contributed by atoms with Gasteiger partial charge in [-0.3, -0.25) is 4.90 Å². The van der Waals surface area contributed by atoms with Gasteiger partial charge in [0.1, 0.15) is 0 Å². The molecular formula is C23H31ClN2O2S. The number of hydrogen-bond donors (Lipinski definition) is 0. The summed E-state index contributed by atoms with van der Waals surface area (Å²) in [6.45, 7) is 13.6. The molecule has 1 aliphatic rings. The molecule has 0 saturated carbocycles. The standard InChI is InChI=1S/C23H31ClN2O2S/c1-17-15-22(18(2)14-21(17)24)29(27,28)26-12-10-25(11-13-26)16-19-6-8-20(9-7-19)23(3,4)5/h6-9,14-15H,10-13,16H2,1-5H3. The Balaban J connectivity index is 1.65. The fraction of sp³-hybridized carbons (Fsp3) is 0.478. The van der Waals surface area contributed by atoms with Crippen molar-refractivity contribution in [3.05, 3.63) is 63.7 Å². The zero-order valence-electron chi connectivity index (χ0n) is 18.0. The van der Waals surface area contributed by atoms with Crippen molar-refractivity contribution in [2.45, 2.75) is 51.5 Å². The van der Waals surface area contributed by atoms with Gasteiger partial charge in [-0.2, -0.15) is 4.31 Å². The Bertz CT molecular complexity index is 971. The topological polar surface area (TPSA) is 40.6 Å². The molecule has 1 fully saturated rings. The van der Waals surface area contributed by atoms with E-state index in [1.165, 1.54) is 11.1 Å². The molecule has 0 spiro atoms. The number of benzene rings is 2. The molecule has 158 valence electrons. The molecule has 29 heavy (non-hydrogen) atoms. The molecule has 0 aliphatic carbocycles. The van der Waals surface area contributed by atoms with Gasteiger partial charge in [0.05, 0.1) is 4.90 Å². The number of hydrogen-bond acceptors (Lipinski definition) is 3. The largest absolute Gasteiger partial charge is 0.296 e. The first-order chi connectivity index (χ1) is 13.5. The van der Waals surface area contributed by atoms with E-state index in [1.54, 1.807) is 23.4 Å². The second kappa shape index (κ2) is 8.38. The summed E-state index contributed by atoms with van der Waals surface area (Å²) in [6, 6.07) is 12.2. The minimum Gasteiger partial charge on any atom is -0.296 e. The van der Waals surface area contributed by atoms with Gasteiger partial charge in [0, 0.05) is 37.7 Å². The molecule has 1 heterocycles. The van der Waals surface area contributed by atoms with Crippen molar-refractivity contribution in [1.82, 2.24) is 9.21 Å². The smallest absolute Gasteiger partial charge is 0.243 e. The van der Waals surface area contributed by atoms with Crippen molar-refractivity contribution in [2.75, 3.05) is 26.2 Å². The monoisotopic (exact) mass is 434 g/mol. The number of halogens is 1. The average molecular weight is 435 g/mol. The Hall–Kier alpha value is -1.40. The Morgan fingerprint density at radius 2 is 1.52 bits per heavy atom. The Kier molecular flexibility index (Phi) is 6.44. The van der Waals surface area contributed by atoms with E-state index in [0.29, 0.717) is 28.6 Å². The highest BCUT2D eigenvalue weighted by molar-refractivity contribution is 7.89. The van der Waals surface area contributed by atoms with Crippen LogP contribution in [0, 0.1) is 13.8 Å². The molecule has 0 unspecified atom stereocenters. The van der Waals surface area contributed by atoms with Gasteiger partial charge in [-0.1, -0.05) is 56.6 Å². The zero-order valence-corrected chi connectivity index (χ0v) is 19.6. The molecule has 1 aliphatic heterocycles. The predicted molar refractivity (Wildman–Crippen MR) is 120 cm³/mol. The number of sulfonamides is 1. The summed E-state index contributed by atoms with van der Waals surface area (Å²) < 4.78 is 27.9. The molecule has 0 bridgehead atoms. The molecular weight excluding hydrogens is 404 g/mol. The lowest BCUT2D eigenvalue weighted by atomic mass is 9.87. The summed E-state index contributed by atoms with van der Waals surface area (Å²) in [5.74, 6) is 0. The molecule has 0 N–H and O–H groups in total. The van der Waals surface area contributed by atoms with Gasteiger partial charge in [-0.25, -0.2) is 8.42 Å². The normalized spacial score (nSPS) is 16.9. The summed E-state index contributed by atoms with van der Waals surface area (Å²) in [5, 5.41) is 0.601. The molecule has 0 radical (unpaired) electrons. The van der Waals surface area contributed by atoms with Crippen molar-refractivity contribution in [3.8, 4) is 0 Å². The van der Waals surface area contributed by atoms with Crippen LogP contribution in [0.2, 0.25) is 5.02 Å². The van der Waals surface area contributed by atoms with Crippen molar-refractivity contribution in [2.24, 2.45) is 0 Å². The van der Waals surface area contributed by atoms with Crippen LogP contribution in [0.3, 0.4) is 0 Å². The second-order valence-corrected chi connectivity index (χ2v) is 11.3. The predicted octanol–water partition coefficient (Wildman–Crippen LogP) is 4.76. The van der Waals surface area contributed by atoms with E-state index in [9.17, 15) is 8.42 Å². The Morgan fingerprint density at radius 3 is 2.07 bits per heavy atom. The van der Waals surface area contributed by atoms with Crippen LogP contribution in [-0.2, 0) is 22.0 Å². The van der Waals surface area contributed by atoms with Crippen LogP contribution in [0.15, 0.2) is 41.3 Å². The molecule has 2 aromatic carbocycles. The fourth-order valence-corrected chi connectivity index (χ4v) is 5.60. The number of nitrogens with zero attached hydrogens (tertiary/aromatic N) is 2. The van der Waals surface area contributed by atoms with Crippen molar-refractivity contribution in [1.29, 1.82) is 0 Å². The van der Waals surface area contributed by atoms with Crippen LogP contribution in [0.5, 0.6) is 0 Å². The highest BCUT2D eigenvalue weighted by Crippen LogP contribution is 2.27. The Morgan fingerprint density at radius 1 is 0.931 bits per heavy atom. The third-order valence-corrected chi connectivity index (χ3v) is 8.08. The lowest BCUT2D eigenvalue weighted by molar-refractivity contribution is 0.181. The molecule has 6 heteroatoms. The van der Waals surface area contributed by atoms with E-state index in [4.69, 9.17) is 11.6 Å². The van der Waals surface area contributed by atoms with Gasteiger partial charge in [0.15, 0.2) is 0 Å². The minimum absolute atomic E-state index is 0.149. The maximum Gasteiger partial charge on any atom is 0.243 e. The third kappa shape index (κ3) is 5.02. The lowest BCUT2D eigenvalue weighted by Gasteiger charge is -2.34. The van der Waals surface area contributed by atoms with Crippen LogP contribution in [0.1, 0.15) is 43.0 Å². The molecule has 1 saturated heterocycles. The van der Waals surface area contributed by atoms with E-state index >= 15 is 0 Å². The summed E-state index contributed by atoms with van der Waals surface area (Å²) in [6.07, 6.45) is 0. The van der Waals surface area contributed by atoms with Gasteiger partial charge in [-0.15, -0.1) is 0 Å². The zero-order chi connectivity index (χ0) is 21.4. The van der Waals surface area contributed by atoms with Gasteiger partial charge in [-0.05, 0) is 53.6 Å². The van der Waals surface area contributed by atoms with Crippen molar-refractivity contribution >= 4 is 21.6 Å². The van der Waals surface area contributed by atoms with E-state index in [2.05, 4.69) is 49.9 Å². The van der Waals surface area contributed by atoms with Crippen LogP contribution in [0.25, 0.3) is 0 Å². The van der Waals surface area contributed by atoms with Gasteiger partial charge < -0.3 is 0 Å². The Labute approximate surface area is 180 Å². The first-order valence-corrected chi connectivity index (χ1v) is 11.9. The molecule has 0 aromatic heterocycles. The van der Waals surface area contributed by atoms with Crippen LogP contribution < -0.4 is 0 Å². The van der Waals surface area contributed by atoms with Crippen LogP contribution >= 0.6 is 11.6 Å². The SMILES string of the molecule is Cc1cc(S(=O)(=O)N2CCN(Cc3ccc(C(C)(C)C)cc3)CC2)c(C)cc1Cl. The second-order valence-electron chi connectivity index (χ2n) is 8.99. The first-order valence-electron chi connectivity index (χ1n) is 10.1. The molecule has 0 atom stereocenters. The van der Waals surface area contributed by atoms with E-state index in [1.807, 2.05) is 6.92 Å². The first kappa shape index (κ1) is 22.3. The maximum atomic E-state index is 13.1. The number of aryl methyl sites for hydroxylation is 2. The van der Waals surface area contributed by atoms with E-state index in [0.717, 1.165) is 25.2 Å². The lowest BCUT2D eigenvalue weighted by Crippen LogP contribution is -2.48. The summed E-state index contributed by atoms with van der Waals surface area (Å²) in [4.78, 5) is 2.68. The maximum absolute atomic E-state index is 13.1. The van der Waals surface area contributed by atoms with Crippen LogP contribution in [0.4, 0.5) is 0 Å². The average Bonchev–Trinajstić information content (AvgIpc) is 2.65. The van der Waals surface area contributed by atoms with Gasteiger partial charge in [0.2, 0.25) is 10.0 Å². The molecule has 3 rings (SSSR count). The molecule has 0 amide bonds. The number of piperazine rings is 1. The van der Waals surface area contributed by atoms with E-state index < -0.39 is 10.0 Å². The van der Waals surface area contributed by atoms with Crippen LogP contribution in [-0.4, -0.2) is 43.8 Å².